The van der Waals surface area contributed by atoms with Crippen molar-refractivity contribution in [2.75, 3.05) is 11.8 Å². The maximum absolute atomic E-state index is 5.27. The maximum Gasteiger partial charge on any atom is 0.135 e. The van der Waals surface area contributed by atoms with E-state index in [1.807, 2.05) is 0 Å². The van der Waals surface area contributed by atoms with Crippen LogP contribution in [0, 0.1) is 0 Å². The minimum absolute atomic E-state index is 0.302. The summed E-state index contributed by atoms with van der Waals surface area (Å²) < 4.78 is 4.86. The Bertz CT molecular complexity index is 46.3. The van der Waals surface area contributed by atoms with E-state index in [2.05, 4.69) is 6.92 Å². The minimum atomic E-state index is 0.302. The van der Waals surface area contributed by atoms with Crippen molar-refractivity contribution in [2.24, 2.45) is 0 Å². The smallest absolute Gasteiger partial charge is 0.135 e. The zero-order valence-electron chi connectivity index (χ0n) is 5.73. The first-order valence-corrected chi connectivity index (χ1v) is 4.66. The number of alkyl halides is 1. The van der Waals surface area contributed by atoms with E-state index in [-0.39, 0.29) is 0 Å². The molecule has 0 aliphatic rings. The molecule has 0 saturated carbocycles. The molecule has 0 heterocycles. The largest absolute Gasteiger partial charge is 0.299 e. The molecule has 0 aliphatic carbocycles. The first-order chi connectivity index (χ1) is 4.41. The molecule has 0 rings (SSSR count). The summed E-state index contributed by atoms with van der Waals surface area (Å²) in [5.74, 6) is 1.07. The maximum atomic E-state index is 5.27. The molecule has 3 heteroatoms. The second-order valence-corrected chi connectivity index (χ2v) is 2.85. The van der Waals surface area contributed by atoms with E-state index in [4.69, 9.17) is 15.8 Å². The van der Waals surface area contributed by atoms with Crippen LogP contribution in [0.3, 0.4) is 0 Å². The highest BCUT2D eigenvalue weighted by Gasteiger charge is 1.86. The molecule has 0 radical (unpaired) electrons. The molecule has 0 aromatic carbocycles. The molecular weight excluding hydrogens is 156 g/mol. The Labute approximate surface area is 66.3 Å². The Morgan fingerprint density at radius 3 is 2.78 bits per heavy atom. The summed E-state index contributed by atoms with van der Waals surface area (Å²) >= 11 is 6.73. The van der Waals surface area contributed by atoms with Crippen LogP contribution in [0.15, 0.2) is 0 Å². The molecule has 56 valence electrons. The van der Waals surface area contributed by atoms with E-state index in [1.54, 1.807) is 0 Å². The number of unbranched alkanes of at least 4 members (excludes halogenated alkanes) is 2. The molecule has 0 aromatic rings. The van der Waals surface area contributed by atoms with Crippen LogP contribution in [0.25, 0.3) is 0 Å². The second-order valence-electron chi connectivity index (χ2n) is 1.76. The summed E-state index contributed by atoms with van der Waals surface area (Å²) in [6.45, 7) is 2.19. The highest BCUT2D eigenvalue weighted by atomic mass is 35.5. The van der Waals surface area contributed by atoms with Crippen LogP contribution in [0.1, 0.15) is 26.2 Å². The van der Waals surface area contributed by atoms with E-state index >= 15 is 0 Å². The molecular formula is C6H13ClOS. The zero-order chi connectivity index (χ0) is 6.95. The van der Waals surface area contributed by atoms with Gasteiger partial charge in [0.25, 0.3) is 0 Å². The molecule has 0 N–H and O–H groups in total. The van der Waals surface area contributed by atoms with Crippen LogP contribution in [-0.2, 0) is 4.18 Å². The van der Waals surface area contributed by atoms with Gasteiger partial charge in [-0.25, -0.2) is 0 Å². The Kier molecular flexibility index (Phi) is 9.17. The molecule has 0 saturated heterocycles. The van der Waals surface area contributed by atoms with Gasteiger partial charge in [0.05, 0.1) is 0 Å². The summed E-state index contributed by atoms with van der Waals surface area (Å²) in [7, 11) is 0. The van der Waals surface area contributed by atoms with Gasteiger partial charge in [-0.1, -0.05) is 31.4 Å². The fourth-order valence-electron chi connectivity index (χ4n) is 0.501. The van der Waals surface area contributed by atoms with Gasteiger partial charge in [-0.15, -0.1) is 0 Å². The van der Waals surface area contributed by atoms with Gasteiger partial charge in [0, 0.05) is 5.75 Å². The Hall–Kier alpha value is 0.600. The van der Waals surface area contributed by atoms with Crippen molar-refractivity contribution in [3.05, 3.63) is 0 Å². The average Bonchev–Trinajstić information content (AvgIpc) is 1.89. The van der Waals surface area contributed by atoms with Crippen LogP contribution in [0.5, 0.6) is 0 Å². The zero-order valence-corrected chi connectivity index (χ0v) is 7.30. The predicted molar refractivity (Wildman–Crippen MR) is 43.8 cm³/mol. The number of rotatable bonds is 6. The number of hydrogen-bond acceptors (Lipinski definition) is 2. The summed E-state index contributed by atoms with van der Waals surface area (Å²) in [6, 6.07) is 0.302. The quantitative estimate of drug-likeness (QED) is 0.343. The van der Waals surface area contributed by atoms with Crippen molar-refractivity contribution in [2.45, 2.75) is 26.2 Å². The molecule has 0 fully saturated rings. The van der Waals surface area contributed by atoms with E-state index in [9.17, 15) is 0 Å². The van der Waals surface area contributed by atoms with Gasteiger partial charge in [-0.3, -0.25) is 4.18 Å². The fraction of sp³-hybridized carbons (Fsp3) is 1.00. The molecule has 1 nitrogen and oxygen atoms in total. The van der Waals surface area contributed by atoms with Crippen molar-refractivity contribution in [3.8, 4) is 0 Å². The SMILES string of the molecule is CCCCCSOCCl. The molecule has 0 aromatic heterocycles. The molecule has 9 heavy (non-hydrogen) atoms. The minimum Gasteiger partial charge on any atom is -0.299 e. The van der Waals surface area contributed by atoms with Crippen LogP contribution in [0.2, 0.25) is 0 Å². The van der Waals surface area contributed by atoms with Crippen LogP contribution in [-0.4, -0.2) is 11.8 Å². The Balaban J connectivity index is 2.60. The average molecular weight is 169 g/mol. The molecule has 0 spiro atoms. The predicted octanol–water partition coefficient (Wildman–Crippen LogP) is 3.04. The number of hydrogen-bond donors (Lipinski definition) is 0. The summed E-state index contributed by atoms with van der Waals surface area (Å²) in [5, 5.41) is 0. The summed E-state index contributed by atoms with van der Waals surface area (Å²) in [6.07, 6.45) is 3.79. The summed E-state index contributed by atoms with van der Waals surface area (Å²) in [5.41, 5.74) is 0. The van der Waals surface area contributed by atoms with Gasteiger partial charge in [-0.2, -0.15) is 0 Å². The van der Waals surface area contributed by atoms with Crippen molar-refractivity contribution in [3.63, 3.8) is 0 Å². The van der Waals surface area contributed by atoms with Gasteiger partial charge >= 0.3 is 0 Å². The van der Waals surface area contributed by atoms with E-state index < -0.39 is 0 Å². The monoisotopic (exact) mass is 168 g/mol. The second kappa shape index (κ2) is 8.60. The van der Waals surface area contributed by atoms with E-state index in [0.29, 0.717) is 6.07 Å². The lowest BCUT2D eigenvalue weighted by molar-refractivity contribution is 0.457. The first-order valence-electron chi connectivity index (χ1n) is 3.22. The lowest BCUT2D eigenvalue weighted by atomic mass is 10.3. The summed E-state index contributed by atoms with van der Waals surface area (Å²) in [4.78, 5) is 0. The highest BCUT2D eigenvalue weighted by Crippen LogP contribution is 2.07. The molecule has 0 aliphatic heterocycles. The van der Waals surface area contributed by atoms with Crippen LogP contribution in [0.4, 0.5) is 0 Å². The topological polar surface area (TPSA) is 9.23 Å². The van der Waals surface area contributed by atoms with Crippen LogP contribution >= 0.6 is 23.6 Å². The lowest BCUT2D eigenvalue weighted by Gasteiger charge is -1.96. The van der Waals surface area contributed by atoms with E-state index in [1.165, 1.54) is 31.3 Å². The normalized spacial score (nSPS) is 10.0. The van der Waals surface area contributed by atoms with Gasteiger partial charge in [0.15, 0.2) is 0 Å². The first kappa shape index (κ1) is 9.60. The van der Waals surface area contributed by atoms with Crippen molar-refractivity contribution in [1.29, 1.82) is 0 Å². The van der Waals surface area contributed by atoms with Gasteiger partial charge in [0.2, 0.25) is 0 Å². The standard InChI is InChI=1S/C6H13ClOS/c1-2-3-4-5-9-8-6-7/h2-6H2,1H3. The molecule has 0 amide bonds. The lowest BCUT2D eigenvalue weighted by Crippen LogP contribution is -1.81. The Morgan fingerprint density at radius 1 is 1.44 bits per heavy atom. The third-order valence-electron chi connectivity index (χ3n) is 0.959. The van der Waals surface area contributed by atoms with E-state index in [0.717, 1.165) is 5.75 Å². The third kappa shape index (κ3) is 8.60. The van der Waals surface area contributed by atoms with Crippen LogP contribution < -0.4 is 0 Å². The molecule has 0 atom stereocenters. The van der Waals surface area contributed by atoms with Gasteiger partial charge in [0.1, 0.15) is 6.07 Å². The Morgan fingerprint density at radius 2 is 2.22 bits per heavy atom. The highest BCUT2D eigenvalue weighted by molar-refractivity contribution is 7.94. The van der Waals surface area contributed by atoms with Crippen molar-refractivity contribution in [1.82, 2.24) is 0 Å². The molecule has 0 bridgehead atoms. The van der Waals surface area contributed by atoms with Gasteiger partial charge in [-0.05, 0) is 18.5 Å². The van der Waals surface area contributed by atoms with Crippen molar-refractivity contribution >= 4 is 23.6 Å². The third-order valence-corrected chi connectivity index (χ3v) is 1.94. The fourth-order valence-corrected chi connectivity index (χ4v) is 1.19. The molecule has 0 unspecified atom stereocenters. The van der Waals surface area contributed by atoms with Crippen molar-refractivity contribution < 1.29 is 4.18 Å². The van der Waals surface area contributed by atoms with Gasteiger partial charge < -0.3 is 0 Å². The number of halogens is 1.